The molecular weight excluding hydrogens is 365 g/mol. The molecule has 1 heterocycles. The number of aliphatic carboxylic acids is 1. The van der Waals surface area contributed by atoms with Crippen LogP contribution >= 0.6 is 0 Å². The van der Waals surface area contributed by atoms with Gasteiger partial charge in [-0.25, -0.2) is 4.39 Å². The smallest absolute Gasteiger partial charge is 0.323 e. The van der Waals surface area contributed by atoms with Gasteiger partial charge in [-0.2, -0.15) is 0 Å². The zero-order valence-electron chi connectivity index (χ0n) is 15.9. The number of carbonyl (C=O) groups excluding carboxylic acids is 1. The number of rotatable bonds is 6. The van der Waals surface area contributed by atoms with Crippen LogP contribution in [0.2, 0.25) is 0 Å². The van der Waals surface area contributed by atoms with Gasteiger partial charge in [0.05, 0.1) is 18.1 Å². The molecule has 3 aliphatic rings. The van der Waals surface area contributed by atoms with Gasteiger partial charge in [0.2, 0.25) is 0 Å². The highest BCUT2D eigenvalue weighted by molar-refractivity contribution is 6.04. The van der Waals surface area contributed by atoms with E-state index >= 15 is 0 Å². The Morgan fingerprint density at radius 2 is 2.14 bits per heavy atom. The number of carboxylic acids is 1. The van der Waals surface area contributed by atoms with E-state index in [1.54, 1.807) is 6.08 Å². The third-order valence-corrected chi connectivity index (χ3v) is 5.02. The summed E-state index contributed by atoms with van der Waals surface area (Å²) in [4.78, 5) is 26.0. The Hall–Kier alpha value is -2.83. The van der Waals surface area contributed by atoms with E-state index in [9.17, 15) is 24.2 Å². The van der Waals surface area contributed by atoms with Crippen molar-refractivity contribution in [2.75, 3.05) is 13.2 Å². The third-order valence-electron chi connectivity index (χ3n) is 5.02. The zero-order valence-corrected chi connectivity index (χ0v) is 15.9. The molecule has 3 atom stereocenters. The number of alkyl halides is 1. The fourth-order valence-electron chi connectivity index (χ4n) is 3.75. The maximum atomic E-state index is 14.8. The molecule has 0 fully saturated rings. The van der Waals surface area contributed by atoms with E-state index in [-0.39, 0.29) is 22.9 Å². The van der Waals surface area contributed by atoms with E-state index in [0.29, 0.717) is 24.4 Å². The van der Waals surface area contributed by atoms with Gasteiger partial charge in [0.1, 0.15) is 24.4 Å². The second-order valence-corrected chi connectivity index (χ2v) is 7.19. The molecule has 0 saturated carbocycles. The quantitative estimate of drug-likeness (QED) is 0.724. The molecule has 0 aromatic carbocycles. The lowest BCUT2D eigenvalue weighted by molar-refractivity contribution is -0.138. The zero-order chi connectivity index (χ0) is 20.4. The summed E-state index contributed by atoms with van der Waals surface area (Å²) >= 11 is 0. The minimum absolute atomic E-state index is 0.148. The molecule has 0 aromatic heterocycles. The Labute approximate surface area is 163 Å². The SMILES string of the molecule is CCCOC1=C2C(C(=O)C(C3=CC=C(O)CC3C)=CN2CC(=O)O)C(F)C=C1. The molecule has 3 unspecified atom stereocenters. The summed E-state index contributed by atoms with van der Waals surface area (Å²) in [6, 6.07) is 0. The van der Waals surface area contributed by atoms with Crippen molar-refractivity contribution in [3.05, 3.63) is 58.9 Å². The molecule has 0 saturated heterocycles. The van der Waals surface area contributed by atoms with Crippen LogP contribution in [0, 0.1) is 11.8 Å². The van der Waals surface area contributed by atoms with Crippen LogP contribution in [0.3, 0.4) is 0 Å². The van der Waals surface area contributed by atoms with Crippen LogP contribution in [-0.4, -0.2) is 46.2 Å². The Bertz CT molecular complexity index is 836. The van der Waals surface area contributed by atoms with Crippen molar-refractivity contribution in [3.8, 4) is 0 Å². The number of Topliss-reactive ketones (excluding diaryl/α,β-unsaturated/α-hetero) is 1. The van der Waals surface area contributed by atoms with Crippen molar-refractivity contribution in [1.82, 2.24) is 4.90 Å². The van der Waals surface area contributed by atoms with E-state index in [1.807, 2.05) is 13.8 Å². The summed E-state index contributed by atoms with van der Waals surface area (Å²) < 4.78 is 20.5. The number of fused-ring (bicyclic) bond motifs is 1. The third kappa shape index (κ3) is 3.74. The molecule has 28 heavy (non-hydrogen) atoms. The van der Waals surface area contributed by atoms with Gasteiger partial charge < -0.3 is 19.8 Å². The van der Waals surface area contributed by atoms with E-state index in [4.69, 9.17) is 4.74 Å². The van der Waals surface area contributed by atoms with Crippen LogP contribution in [0.5, 0.6) is 0 Å². The van der Waals surface area contributed by atoms with Gasteiger partial charge >= 0.3 is 5.97 Å². The summed E-state index contributed by atoms with van der Waals surface area (Å²) in [5, 5.41) is 19.1. The predicted molar refractivity (Wildman–Crippen MR) is 101 cm³/mol. The number of nitrogens with zero attached hydrogens (tertiary/aromatic N) is 1. The Balaban J connectivity index is 2.11. The summed E-state index contributed by atoms with van der Waals surface area (Å²) in [6.45, 7) is 3.75. The van der Waals surface area contributed by atoms with Crippen molar-refractivity contribution in [2.45, 2.75) is 32.9 Å². The number of aliphatic hydroxyl groups is 1. The fourth-order valence-corrected chi connectivity index (χ4v) is 3.75. The number of carboxylic acid groups (broad SMARTS) is 1. The average Bonchev–Trinajstić information content (AvgIpc) is 2.63. The maximum absolute atomic E-state index is 14.8. The first kappa shape index (κ1) is 19.9. The topological polar surface area (TPSA) is 87.1 Å². The van der Waals surface area contributed by atoms with Crippen molar-refractivity contribution in [2.24, 2.45) is 11.8 Å². The monoisotopic (exact) mass is 389 g/mol. The normalized spacial score (nSPS) is 27.1. The Kier molecular flexibility index (Phi) is 5.72. The summed E-state index contributed by atoms with van der Waals surface area (Å²) in [7, 11) is 0. The number of ketones is 1. The molecular formula is C21H24FNO5. The van der Waals surface area contributed by atoms with E-state index in [2.05, 4.69) is 0 Å². The lowest BCUT2D eigenvalue weighted by Crippen LogP contribution is -2.43. The van der Waals surface area contributed by atoms with E-state index < -0.39 is 30.4 Å². The van der Waals surface area contributed by atoms with Gasteiger partial charge in [0.15, 0.2) is 5.78 Å². The average molecular weight is 389 g/mol. The largest absolute Gasteiger partial charge is 0.512 e. The van der Waals surface area contributed by atoms with Gasteiger partial charge in [-0.15, -0.1) is 0 Å². The first-order valence-corrected chi connectivity index (χ1v) is 9.37. The first-order chi connectivity index (χ1) is 13.3. The number of carbonyl (C=O) groups is 2. The van der Waals surface area contributed by atoms with Crippen molar-refractivity contribution >= 4 is 11.8 Å². The highest BCUT2D eigenvalue weighted by Crippen LogP contribution is 2.41. The standard InChI is InChI=1S/C21H24FNO5/c1-3-8-28-17-7-6-16(22)19-20(17)23(11-18(25)26)10-15(21(19)27)14-5-4-13(24)9-12(14)2/h4-7,10,12,16,19,24H,3,8-9,11H2,1-2H3,(H,25,26). The maximum Gasteiger partial charge on any atom is 0.323 e. The predicted octanol–water partition coefficient (Wildman–Crippen LogP) is 3.41. The molecule has 150 valence electrons. The first-order valence-electron chi connectivity index (χ1n) is 9.37. The van der Waals surface area contributed by atoms with Crippen molar-refractivity contribution in [3.63, 3.8) is 0 Å². The number of hydrogen-bond acceptors (Lipinski definition) is 5. The minimum atomic E-state index is -1.57. The molecule has 0 spiro atoms. The molecule has 0 radical (unpaired) electrons. The van der Waals surface area contributed by atoms with Crippen LogP contribution in [0.1, 0.15) is 26.7 Å². The molecule has 6 nitrogen and oxygen atoms in total. The highest BCUT2D eigenvalue weighted by atomic mass is 19.1. The van der Waals surface area contributed by atoms with Gasteiger partial charge in [0.25, 0.3) is 0 Å². The fraction of sp³-hybridized carbons (Fsp3) is 0.429. The lowest BCUT2D eigenvalue weighted by atomic mass is 9.77. The molecule has 0 bridgehead atoms. The number of aliphatic hydroxyl groups excluding tert-OH is 1. The molecule has 3 rings (SSSR count). The van der Waals surface area contributed by atoms with Crippen molar-refractivity contribution in [1.29, 1.82) is 0 Å². The lowest BCUT2D eigenvalue weighted by Gasteiger charge is -2.38. The molecule has 0 aromatic rings. The molecule has 2 N–H and O–H groups in total. The Morgan fingerprint density at radius 3 is 2.79 bits per heavy atom. The summed E-state index contributed by atoms with van der Waals surface area (Å²) in [5.74, 6) is -2.26. The van der Waals surface area contributed by atoms with E-state index in [1.165, 1.54) is 29.3 Å². The molecule has 7 heteroatoms. The number of allylic oxidation sites excluding steroid dienone is 8. The summed E-state index contributed by atoms with van der Waals surface area (Å²) in [6.07, 6.45) is 6.90. The van der Waals surface area contributed by atoms with Crippen LogP contribution in [0.4, 0.5) is 4.39 Å². The van der Waals surface area contributed by atoms with Crippen LogP contribution < -0.4 is 0 Å². The molecule has 1 aliphatic heterocycles. The van der Waals surface area contributed by atoms with Crippen molar-refractivity contribution < 1.29 is 28.9 Å². The highest BCUT2D eigenvalue weighted by Gasteiger charge is 2.44. The molecule has 0 amide bonds. The van der Waals surface area contributed by atoms with E-state index in [0.717, 1.165) is 6.42 Å². The second-order valence-electron chi connectivity index (χ2n) is 7.19. The van der Waals surface area contributed by atoms with Crippen LogP contribution in [-0.2, 0) is 14.3 Å². The molecule has 2 aliphatic carbocycles. The van der Waals surface area contributed by atoms with Crippen LogP contribution in [0.25, 0.3) is 0 Å². The number of ether oxygens (including phenoxy) is 1. The minimum Gasteiger partial charge on any atom is -0.512 e. The van der Waals surface area contributed by atoms with Gasteiger partial charge in [-0.3, -0.25) is 9.59 Å². The van der Waals surface area contributed by atoms with Gasteiger partial charge in [-0.05, 0) is 36.1 Å². The summed E-state index contributed by atoms with van der Waals surface area (Å²) in [5.41, 5.74) is 1.19. The van der Waals surface area contributed by atoms with Gasteiger partial charge in [-0.1, -0.05) is 19.9 Å². The van der Waals surface area contributed by atoms with Crippen LogP contribution in [0.15, 0.2) is 58.9 Å². The second kappa shape index (κ2) is 8.04. The number of hydrogen-bond donors (Lipinski definition) is 2. The van der Waals surface area contributed by atoms with Gasteiger partial charge in [0, 0.05) is 18.2 Å². The Morgan fingerprint density at radius 1 is 1.39 bits per heavy atom. The number of halogens is 1.